The Balaban J connectivity index is -0.000000707. The van der Waals surface area contributed by atoms with Crippen LogP contribution in [0.15, 0.2) is 48.5 Å². The number of esters is 2. The van der Waals surface area contributed by atoms with Gasteiger partial charge in [0.2, 0.25) is 0 Å². The molecule has 0 radical (unpaired) electrons. The van der Waals surface area contributed by atoms with E-state index in [1.165, 1.54) is 0 Å². The second-order valence-electron chi connectivity index (χ2n) is 11.3. The number of carbonyl (C=O) groups is 2. The van der Waals surface area contributed by atoms with E-state index in [1.807, 2.05) is 26.8 Å². The van der Waals surface area contributed by atoms with Gasteiger partial charge in [-0.3, -0.25) is 13.8 Å². The van der Waals surface area contributed by atoms with Crippen LogP contribution < -0.4 is 0 Å². The van der Waals surface area contributed by atoms with Gasteiger partial charge >= 0.3 is 11.9 Å². The van der Waals surface area contributed by atoms with E-state index in [4.69, 9.17) is 36.9 Å². The minimum Gasteiger partial charge on any atom is -0.460 e. The summed E-state index contributed by atoms with van der Waals surface area (Å²) in [6.45, 7) is 10.5. The van der Waals surface area contributed by atoms with Crippen LogP contribution in [0.4, 0.5) is 0 Å². The first-order chi connectivity index (χ1) is 18.3. The van der Waals surface area contributed by atoms with Crippen LogP contribution >= 0.6 is 50.2 Å². The van der Waals surface area contributed by atoms with Gasteiger partial charge in [-0.15, -0.1) is 0 Å². The first-order valence-electron chi connectivity index (χ1n) is 12.7. The molecule has 0 heterocycles. The van der Waals surface area contributed by atoms with E-state index >= 15 is 0 Å². The van der Waals surface area contributed by atoms with E-state index in [2.05, 4.69) is 0 Å². The van der Waals surface area contributed by atoms with Gasteiger partial charge in [0.25, 0.3) is 10.1 Å². The van der Waals surface area contributed by atoms with Crippen LogP contribution in [0.25, 0.3) is 0 Å². The molecule has 0 amide bonds. The zero-order chi connectivity index (χ0) is 30.7. The van der Waals surface area contributed by atoms with Crippen molar-refractivity contribution in [3.05, 3.63) is 69.7 Å². The lowest BCUT2D eigenvalue weighted by Crippen LogP contribution is -2.26. The van der Waals surface area contributed by atoms with Crippen molar-refractivity contribution in [1.29, 1.82) is 0 Å². The summed E-state index contributed by atoms with van der Waals surface area (Å²) in [7, 11) is -3.59. The quantitative estimate of drug-likeness (QED) is 0.205. The van der Waals surface area contributed by atoms with Crippen LogP contribution in [0.3, 0.4) is 0 Å². The Morgan fingerprint density at radius 2 is 1.16 bits per heavy atom. The molecule has 0 aliphatic rings. The highest BCUT2D eigenvalue weighted by atomic mass is 35.5. The molecule has 0 bridgehead atoms. The zero-order valence-corrected chi connectivity index (χ0v) is 29.4. The van der Waals surface area contributed by atoms with Crippen molar-refractivity contribution in [1.82, 2.24) is 0 Å². The molecule has 0 aliphatic heterocycles. The Bertz CT molecular complexity index is 1230. The summed E-state index contributed by atoms with van der Waals surface area (Å²) in [4.78, 5) is 23.7. The van der Waals surface area contributed by atoms with Gasteiger partial charge in [0.05, 0.1) is 32.3 Å². The maximum absolute atomic E-state index is 12.0. The summed E-state index contributed by atoms with van der Waals surface area (Å²) >= 11 is 11.8. The number of carbonyl (C=O) groups excluding carboxylic acids is 2. The van der Waals surface area contributed by atoms with Crippen molar-refractivity contribution in [3.8, 4) is 0 Å². The van der Waals surface area contributed by atoms with Crippen LogP contribution in [-0.4, -0.2) is 56.1 Å². The lowest BCUT2D eigenvalue weighted by atomic mass is 9.96. The average Bonchev–Trinajstić information content (AvgIpc) is 2.77. The summed E-state index contributed by atoms with van der Waals surface area (Å²) in [5.74, 6) is -1.47. The molecule has 0 aliphatic carbocycles. The van der Waals surface area contributed by atoms with E-state index < -0.39 is 33.2 Å². The molecular formula is C30H48Cl2O8S3. The van der Waals surface area contributed by atoms with Crippen molar-refractivity contribution in [2.45, 2.75) is 84.8 Å². The molecule has 43 heavy (non-hydrogen) atoms. The lowest BCUT2D eigenvalue weighted by molar-refractivity contribution is -0.156. The molecule has 2 rings (SSSR count). The van der Waals surface area contributed by atoms with Gasteiger partial charge in [-0.05, 0) is 76.9 Å². The molecular weight excluding hydrogens is 655 g/mol. The Morgan fingerprint density at radius 3 is 1.49 bits per heavy atom. The van der Waals surface area contributed by atoms with E-state index in [0.717, 1.165) is 17.4 Å². The molecule has 2 atom stereocenters. The van der Waals surface area contributed by atoms with Crippen LogP contribution in [0.1, 0.15) is 84.8 Å². The third-order valence-electron chi connectivity index (χ3n) is 5.01. The first kappa shape index (κ1) is 46.0. The second kappa shape index (κ2) is 20.5. The van der Waals surface area contributed by atoms with Crippen molar-refractivity contribution >= 4 is 72.3 Å². The number of benzene rings is 2. The molecule has 0 saturated carbocycles. The fourth-order valence-electron chi connectivity index (χ4n) is 3.46. The highest BCUT2D eigenvalue weighted by Crippen LogP contribution is 2.26. The molecule has 13 heteroatoms. The largest absolute Gasteiger partial charge is 0.460 e. The Hall–Kier alpha value is -1.47. The number of ether oxygens (including phenoxy) is 2. The molecule has 0 saturated heterocycles. The van der Waals surface area contributed by atoms with Crippen molar-refractivity contribution < 1.29 is 36.8 Å². The van der Waals surface area contributed by atoms with Crippen molar-refractivity contribution in [3.63, 3.8) is 0 Å². The topological polar surface area (TPSA) is 116 Å². The fraction of sp³-hybridized carbons (Fsp3) is 0.533. The summed E-state index contributed by atoms with van der Waals surface area (Å²) in [5.41, 5.74) is 0.455. The van der Waals surface area contributed by atoms with Gasteiger partial charge in [0.1, 0.15) is 11.2 Å². The number of aliphatic hydroxyl groups is 1. The number of aliphatic hydroxyl groups excluding tert-OH is 1. The van der Waals surface area contributed by atoms with Crippen molar-refractivity contribution in [2.24, 2.45) is 0 Å². The Kier molecular flexibility index (Phi) is 21.9. The predicted molar refractivity (Wildman–Crippen MR) is 185 cm³/mol. The summed E-state index contributed by atoms with van der Waals surface area (Å²) < 4.78 is 37.7. The van der Waals surface area contributed by atoms with Gasteiger partial charge in [-0.1, -0.05) is 54.9 Å². The normalized spacial score (nSPS) is 12.5. The summed E-state index contributed by atoms with van der Waals surface area (Å²) in [6.07, 6.45) is 1.12. The van der Waals surface area contributed by atoms with Gasteiger partial charge in [-0.2, -0.15) is 35.4 Å². The standard InChI is InChI=1S/C15H21ClO5S.C14H19ClO3.CH4.2H2S/c1-15(2,3)21-14(17)9-12(10-20-22(4,18)19)11-6-5-7-13(16)8-11;1-14(2,3)18-13(17)8-11(9-16)10-5-4-6-12(15)7-10;;;/h5-8,12H,9-10H2,1-4H3;4-7,11,16H,8-9H2,1-3H3;1H4;2*1H2/t12-;11-;;;/m11.../s1. The minimum atomic E-state index is -3.59. The molecule has 2 aromatic carbocycles. The molecule has 1 N–H and O–H groups in total. The van der Waals surface area contributed by atoms with E-state index in [1.54, 1.807) is 63.2 Å². The number of rotatable bonds is 10. The summed E-state index contributed by atoms with van der Waals surface area (Å²) in [5, 5.41) is 10.5. The van der Waals surface area contributed by atoms with Gasteiger partial charge < -0.3 is 14.6 Å². The third kappa shape index (κ3) is 21.8. The minimum absolute atomic E-state index is 0. The first-order valence-corrected chi connectivity index (χ1v) is 15.2. The highest BCUT2D eigenvalue weighted by molar-refractivity contribution is 7.85. The smallest absolute Gasteiger partial charge is 0.307 e. The monoisotopic (exact) mass is 702 g/mol. The van der Waals surface area contributed by atoms with Crippen molar-refractivity contribution in [2.75, 3.05) is 19.5 Å². The van der Waals surface area contributed by atoms with E-state index in [9.17, 15) is 23.1 Å². The van der Waals surface area contributed by atoms with Gasteiger partial charge in [0, 0.05) is 21.9 Å². The Morgan fingerprint density at radius 1 is 0.791 bits per heavy atom. The van der Waals surface area contributed by atoms with E-state index in [-0.39, 0.29) is 72.4 Å². The van der Waals surface area contributed by atoms with Crippen LogP contribution in [0.2, 0.25) is 10.0 Å². The highest BCUT2D eigenvalue weighted by Gasteiger charge is 2.24. The molecule has 248 valence electrons. The third-order valence-corrected chi connectivity index (χ3v) is 6.04. The molecule has 8 nitrogen and oxygen atoms in total. The summed E-state index contributed by atoms with van der Waals surface area (Å²) in [6, 6.07) is 14.0. The molecule has 0 spiro atoms. The van der Waals surface area contributed by atoms with Crippen LogP contribution in [-0.2, 0) is 33.4 Å². The maximum atomic E-state index is 12.0. The number of hydrogen-bond acceptors (Lipinski definition) is 8. The molecule has 0 unspecified atom stereocenters. The van der Waals surface area contributed by atoms with Gasteiger partial charge in [0.15, 0.2) is 0 Å². The number of hydrogen-bond donors (Lipinski definition) is 1. The lowest BCUT2D eigenvalue weighted by Gasteiger charge is -2.22. The molecule has 0 fully saturated rings. The zero-order valence-electron chi connectivity index (χ0n) is 25.1. The Labute approximate surface area is 281 Å². The maximum Gasteiger partial charge on any atom is 0.307 e. The SMILES string of the molecule is C.CC(C)(C)OC(=O)C[C@H](CO)c1cccc(Cl)c1.CC(C)(C)OC(=O)C[C@H](COS(C)(=O)=O)c1cccc(Cl)c1.S.S. The van der Waals surface area contributed by atoms with Gasteiger partial charge in [-0.25, -0.2) is 0 Å². The number of halogens is 2. The van der Waals surface area contributed by atoms with Crippen LogP contribution in [0, 0.1) is 0 Å². The second-order valence-corrected chi connectivity index (χ2v) is 13.8. The fourth-order valence-corrected chi connectivity index (χ4v) is 4.27. The average molecular weight is 704 g/mol. The van der Waals surface area contributed by atoms with E-state index in [0.29, 0.717) is 10.0 Å². The predicted octanol–water partition coefficient (Wildman–Crippen LogP) is 7.14. The molecule has 0 aromatic heterocycles. The van der Waals surface area contributed by atoms with Crippen LogP contribution in [0.5, 0.6) is 0 Å². The molecule has 2 aromatic rings.